The molecule has 2 aromatic heterocycles. The lowest BCUT2D eigenvalue weighted by atomic mass is 10.0. The number of aromatic amines is 1. The smallest absolute Gasteiger partial charge is 0.271 e. The van der Waals surface area contributed by atoms with Crippen LogP contribution in [-0.2, 0) is 4.79 Å². The number of rotatable bonds is 6. The Morgan fingerprint density at radius 2 is 2.13 bits per heavy atom. The fourth-order valence-corrected chi connectivity index (χ4v) is 2.84. The number of amides is 1. The molecule has 0 radical (unpaired) electrons. The summed E-state index contributed by atoms with van der Waals surface area (Å²) in [6.45, 7) is 0.497. The molecular weight excluding hydrogens is 386 g/mol. The number of hydrogen-bond acceptors (Lipinski definition) is 6. The molecule has 0 aliphatic carbocycles. The molecule has 1 atom stereocenters. The Morgan fingerprint density at radius 3 is 2.80 bits per heavy atom. The second-order valence-electron chi connectivity index (χ2n) is 7.10. The van der Waals surface area contributed by atoms with E-state index in [9.17, 15) is 19.5 Å². The molecule has 30 heavy (non-hydrogen) atoms. The lowest BCUT2D eigenvalue weighted by molar-refractivity contribution is -0.119. The maximum Gasteiger partial charge on any atom is 0.271 e. The Balaban J connectivity index is 2.02. The Bertz CT molecular complexity index is 1230. The van der Waals surface area contributed by atoms with Crippen molar-refractivity contribution in [1.82, 2.24) is 19.7 Å². The molecule has 2 heterocycles. The standard InChI is InChI=1S/C21H21N5O4/c1-25(2)11-10-21(30,13-27)9-8-14-4-3-5-15(12-14)26-16-6-7-17(28)23-18(16)19(24-26)20(22)29/h3-7,12-13,30H,10-11H2,1-2H3,(H2,22,29)(H,23,28)/t21-/m0/s1. The molecule has 1 aromatic carbocycles. The van der Waals surface area contributed by atoms with Gasteiger partial charge in [-0.25, -0.2) is 4.68 Å². The minimum Gasteiger partial charge on any atom is -0.371 e. The van der Waals surface area contributed by atoms with Crippen LogP contribution in [0.15, 0.2) is 41.2 Å². The van der Waals surface area contributed by atoms with Gasteiger partial charge in [0.15, 0.2) is 17.6 Å². The van der Waals surface area contributed by atoms with E-state index in [4.69, 9.17) is 5.73 Å². The van der Waals surface area contributed by atoms with Gasteiger partial charge in [0.25, 0.3) is 5.91 Å². The Morgan fingerprint density at radius 1 is 1.37 bits per heavy atom. The number of primary amides is 1. The maximum atomic E-state index is 11.7. The summed E-state index contributed by atoms with van der Waals surface area (Å²) >= 11 is 0. The number of benzene rings is 1. The topological polar surface area (TPSA) is 134 Å². The van der Waals surface area contributed by atoms with Crippen molar-refractivity contribution in [2.24, 2.45) is 5.73 Å². The largest absolute Gasteiger partial charge is 0.371 e. The molecule has 1 amide bonds. The highest BCUT2D eigenvalue weighted by Crippen LogP contribution is 2.20. The highest BCUT2D eigenvalue weighted by molar-refractivity contribution is 6.02. The number of carbonyl (C=O) groups is 2. The van der Waals surface area contributed by atoms with Crippen molar-refractivity contribution in [2.45, 2.75) is 12.0 Å². The first-order valence-corrected chi connectivity index (χ1v) is 9.11. The summed E-state index contributed by atoms with van der Waals surface area (Å²) in [5, 5.41) is 14.6. The van der Waals surface area contributed by atoms with Gasteiger partial charge in [-0.2, -0.15) is 5.10 Å². The molecule has 0 saturated heterocycles. The summed E-state index contributed by atoms with van der Waals surface area (Å²) in [4.78, 5) is 39.1. The van der Waals surface area contributed by atoms with E-state index in [1.165, 1.54) is 10.7 Å². The van der Waals surface area contributed by atoms with Crippen LogP contribution in [0.5, 0.6) is 0 Å². The monoisotopic (exact) mass is 407 g/mol. The molecule has 0 saturated carbocycles. The van der Waals surface area contributed by atoms with E-state index in [1.54, 1.807) is 30.3 Å². The summed E-state index contributed by atoms with van der Waals surface area (Å²) in [6, 6.07) is 9.73. The fourth-order valence-electron chi connectivity index (χ4n) is 2.84. The molecule has 3 rings (SSSR count). The molecule has 9 nitrogen and oxygen atoms in total. The summed E-state index contributed by atoms with van der Waals surface area (Å²) in [5.74, 6) is 4.67. The maximum absolute atomic E-state index is 11.7. The van der Waals surface area contributed by atoms with E-state index in [0.717, 1.165) is 0 Å². The highest BCUT2D eigenvalue weighted by atomic mass is 16.3. The molecule has 0 aliphatic heterocycles. The molecule has 0 spiro atoms. The number of nitrogens with one attached hydrogen (secondary N) is 1. The van der Waals surface area contributed by atoms with Crippen LogP contribution in [0, 0.1) is 11.8 Å². The quantitative estimate of drug-likeness (QED) is 0.390. The Kier molecular flexibility index (Phi) is 5.82. The Labute approximate surface area is 172 Å². The van der Waals surface area contributed by atoms with Crippen LogP contribution in [0.1, 0.15) is 22.5 Å². The number of pyridine rings is 1. The first-order valence-electron chi connectivity index (χ1n) is 9.11. The van der Waals surface area contributed by atoms with Gasteiger partial charge in [-0.1, -0.05) is 17.9 Å². The van der Waals surface area contributed by atoms with Gasteiger partial charge in [0, 0.05) is 24.6 Å². The first kappa shape index (κ1) is 21.0. The number of fused-ring (bicyclic) bond motifs is 1. The molecule has 0 aliphatic rings. The summed E-state index contributed by atoms with van der Waals surface area (Å²) in [5.41, 5.74) is 5.03. The summed E-state index contributed by atoms with van der Waals surface area (Å²) < 4.78 is 1.47. The van der Waals surface area contributed by atoms with Crippen LogP contribution < -0.4 is 11.3 Å². The van der Waals surface area contributed by atoms with Crippen LogP contribution in [0.3, 0.4) is 0 Å². The van der Waals surface area contributed by atoms with E-state index >= 15 is 0 Å². The molecule has 3 aromatic rings. The number of H-pyrrole nitrogens is 1. The number of aromatic nitrogens is 3. The second-order valence-corrected chi connectivity index (χ2v) is 7.10. The van der Waals surface area contributed by atoms with Crippen LogP contribution in [-0.4, -0.2) is 63.2 Å². The number of aliphatic hydroxyl groups is 1. The zero-order chi connectivity index (χ0) is 21.9. The first-order chi connectivity index (χ1) is 14.2. The van der Waals surface area contributed by atoms with Crippen LogP contribution in [0.4, 0.5) is 0 Å². The SMILES string of the molecule is CN(C)CC[C@@](O)(C#Cc1cccc(-n2nc(C(N)=O)c3[nH]c(=O)ccc32)c1)C=O. The predicted octanol–water partition coefficient (Wildman–Crippen LogP) is 0.0459. The van der Waals surface area contributed by atoms with Gasteiger partial charge in [0.1, 0.15) is 5.52 Å². The average molecular weight is 407 g/mol. The van der Waals surface area contributed by atoms with Crippen molar-refractivity contribution >= 4 is 23.2 Å². The predicted molar refractivity (Wildman–Crippen MR) is 111 cm³/mol. The van der Waals surface area contributed by atoms with Crippen molar-refractivity contribution in [2.75, 3.05) is 20.6 Å². The Hall–Kier alpha value is -3.74. The average Bonchev–Trinajstić information content (AvgIpc) is 3.10. The van der Waals surface area contributed by atoms with E-state index in [1.807, 2.05) is 19.0 Å². The third-order valence-electron chi connectivity index (χ3n) is 4.44. The van der Waals surface area contributed by atoms with Gasteiger partial charge < -0.3 is 20.7 Å². The second kappa shape index (κ2) is 8.32. The lowest BCUT2D eigenvalue weighted by Gasteiger charge is -2.17. The van der Waals surface area contributed by atoms with Gasteiger partial charge in [-0.3, -0.25) is 14.4 Å². The van der Waals surface area contributed by atoms with E-state index < -0.39 is 11.5 Å². The van der Waals surface area contributed by atoms with Crippen LogP contribution >= 0.6 is 0 Å². The van der Waals surface area contributed by atoms with E-state index in [0.29, 0.717) is 29.6 Å². The summed E-state index contributed by atoms with van der Waals surface area (Å²) in [7, 11) is 3.67. The normalized spacial score (nSPS) is 12.9. The molecule has 0 bridgehead atoms. The zero-order valence-electron chi connectivity index (χ0n) is 16.5. The zero-order valence-corrected chi connectivity index (χ0v) is 16.5. The van der Waals surface area contributed by atoms with Gasteiger partial charge in [0.2, 0.25) is 5.56 Å². The van der Waals surface area contributed by atoms with Crippen molar-refractivity contribution in [3.63, 3.8) is 0 Å². The molecular formula is C21H21N5O4. The third kappa shape index (κ3) is 4.46. The van der Waals surface area contributed by atoms with Crippen molar-refractivity contribution in [3.05, 3.63) is 58.0 Å². The minimum absolute atomic E-state index is 0.0572. The van der Waals surface area contributed by atoms with Crippen LogP contribution in [0.25, 0.3) is 16.7 Å². The fraction of sp³-hybridized carbons (Fsp3) is 0.238. The number of nitrogens with two attached hydrogens (primary N) is 1. The van der Waals surface area contributed by atoms with E-state index in [-0.39, 0.29) is 23.2 Å². The number of hydrogen-bond donors (Lipinski definition) is 3. The van der Waals surface area contributed by atoms with Crippen molar-refractivity contribution in [1.29, 1.82) is 0 Å². The van der Waals surface area contributed by atoms with Crippen LogP contribution in [0.2, 0.25) is 0 Å². The number of aldehydes is 1. The number of carbonyl (C=O) groups excluding carboxylic acids is 2. The molecule has 4 N–H and O–H groups in total. The van der Waals surface area contributed by atoms with Gasteiger partial charge >= 0.3 is 0 Å². The minimum atomic E-state index is -1.75. The molecule has 0 unspecified atom stereocenters. The third-order valence-corrected chi connectivity index (χ3v) is 4.44. The molecule has 9 heteroatoms. The van der Waals surface area contributed by atoms with Gasteiger partial charge in [0.05, 0.1) is 11.2 Å². The lowest BCUT2D eigenvalue weighted by Crippen LogP contribution is -2.33. The molecule has 154 valence electrons. The van der Waals surface area contributed by atoms with Crippen molar-refractivity contribution < 1.29 is 14.7 Å². The highest BCUT2D eigenvalue weighted by Gasteiger charge is 2.23. The molecule has 0 fully saturated rings. The van der Waals surface area contributed by atoms with Crippen molar-refractivity contribution in [3.8, 4) is 17.5 Å². The van der Waals surface area contributed by atoms with Gasteiger partial charge in [-0.15, -0.1) is 0 Å². The summed E-state index contributed by atoms with van der Waals surface area (Å²) in [6.07, 6.45) is 0.610. The van der Waals surface area contributed by atoms with E-state index in [2.05, 4.69) is 21.9 Å². The van der Waals surface area contributed by atoms with Gasteiger partial charge in [-0.05, 0) is 38.4 Å². The number of nitrogens with zero attached hydrogens (tertiary/aromatic N) is 3.